The van der Waals surface area contributed by atoms with Crippen LogP contribution in [0.15, 0.2) is 0 Å². The minimum atomic E-state index is -5.22. The van der Waals surface area contributed by atoms with E-state index < -0.39 is 55.3 Å². The summed E-state index contributed by atoms with van der Waals surface area (Å²) >= 11 is 0. The molecule has 5 atom stereocenters. The molecule has 5 N–H and O–H groups in total. The van der Waals surface area contributed by atoms with E-state index >= 15 is 0 Å². The Bertz CT molecular complexity index is 461. The lowest BCUT2D eigenvalue weighted by Gasteiger charge is -2.42. The highest BCUT2D eigenvalue weighted by Gasteiger charge is 2.49. The fraction of sp³-hybridized carbons (Fsp3) is 0.846. The maximum atomic E-state index is 12.4. The molecule has 0 radical (unpaired) electrons. The Kier molecular flexibility index (Phi) is 8.02. The van der Waals surface area contributed by atoms with Crippen molar-refractivity contribution in [2.45, 2.75) is 56.1 Å². The van der Waals surface area contributed by atoms with Crippen LogP contribution in [0.4, 0.5) is 13.2 Å². The average Bonchev–Trinajstić information content (AvgIpc) is 2.51. The number of hydrogen-bond donors (Lipinski definition) is 5. The van der Waals surface area contributed by atoms with Crippen molar-refractivity contribution < 1.29 is 52.7 Å². The highest BCUT2D eigenvalue weighted by molar-refractivity contribution is 5.82. The van der Waals surface area contributed by atoms with E-state index in [0.29, 0.717) is 0 Å². The van der Waals surface area contributed by atoms with E-state index in [0.717, 1.165) is 0 Å². The third-order valence-electron chi connectivity index (χ3n) is 3.50. The van der Waals surface area contributed by atoms with Crippen LogP contribution in [-0.2, 0) is 19.1 Å². The number of aliphatic carboxylic acids is 1. The second-order valence-corrected chi connectivity index (χ2v) is 5.43. The Morgan fingerprint density at radius 2 is 1.80 bits per heavy atom. The standard InChI is InChI=1S/C13H20F3NO8/c14-13(15,16)12(23)17-8-10(22)9(21)6(5-18)25-11(8)24-4-2-1-3-7(19)20/h6,8-11,18,21-22H,1-5H2,(H,17,23)(H,19,20). The van der Waals surface area contributed by atoms with Crippen LogP contribution >= 0.6 is 0 Å². The summed E-state index contributed by atoms with van der Waals surface area (Å²) in [4.78, 5) is 21.5. The second-order valence-electron chi connectivity index (χ2n) is 5.43. The molecule has 1 amide bonds. The van der Waals surface area contributed by atoms with Gasteiger partial charge in [0.15, 0.2) is 6.29 Å². The molecule has 0 aliphatic carbocycles. The molecule has 1 heterocycles. The SMILES string of the molecule is O=C(O)CCCCOC1OC(CO)C(O)C(O)C1NC(=O)C(F)(F)F. The number of aliphatic hydroxyl groups is 3. The molecule has 1 aliphatic heterocycles. The summed E-state index contributed by atoms with van der Waals surface area (Å²) in [6, 6.07) is -1.73. The van der Waals surface area contributed by atoms with Crippen molar-refractivity contribution in [3.63, 3.8) is 0 Å². The van der Waals surface area contributed by atoms with Crippen LogP contribution in [0.5, 0.6) is 0 Å². The second kappa shape index (κ2) is 9.29. The Morgan fingerprint density at radius 3 is 2.32 bits per heavy atom. The predicted octanol–water partition coefficient (Wildman–Crippen LogP) is -1.26. The number of nitrogens with one attached hydrogen (secondary N) is 1. The lowest BCUT2D eigenvalue weighted by Crippen LogP contribution is -2.65. The molecule has 12 heteroatoms. The maximum absolute atomic E-state index is 12.4. The molecule has 0 spiro atoms. The number of carbonyl (C=O) groups excluding carboxylic acids is 1. The third kappa shape index (κ3) is 6.40. The van der Waals surface area contributed by atoms with Crippen molar-refractivity contribution in [3.8, 4) is 0 Å². The van der Waals surface area contributed by atoms with E-state index in [1.807, 2.05) is 0 Å². The van der Waals surface area contributed by atoms with Crippen molar-refractivity contribution in [3.05, 3.63) is 0 Å². The third-order valence-corrected chi connectivity index (χ3v) is 3.50. The van der Waals surface area contributed by atoms with Gasteiger partial charge in [-0.05, 0) is 12.8 Å². The zero-order valence-corrected chi connectivity index (χ0v) is 13.0. The first-order valence-electron chi connectivity index (χ1n) is 7.41. The van der Waals surface area contributed by atoms with Crippen LogP contribution in [0.2, 0.25) is 0 Å². The monoisotopic (exact) mass is 375 g/mol. The number of alkyl halides is 3. The summed E-state index contributed by atoms with van der Waals surface area (Å²) in [7, 11) is 0. The Morgan fingerprint density at radius 1 is 1.16 bits per heavy atom. The van der Waals surface area contributed by atoms with Crippen LogP contribution < -0.4 is 5.32 Å². The molecular weight excluding hydrogens is 355 g/mol. The quantitative estimate of drug-likeness (QED) is 0.331. The van der Waals surface area contributed by atoms with Crippen LogP contribution in [0.3, 0.4) is 0 Å². The number of carbonyl (C=O) groups is 2. The van der Waals surface area contributed by atoms with E-state index in [-0.39, 0.29) is 25.9 Å². The van der Waals surface area contributed by atoms with Gasteiger partial charge in [-0.25, -0.2) is 0 Å². The molecule has 0 aromatic heterocycles. The first-order valence-corrected chi connectivity index (χ1v) is 7.41. The molecule has 25 heavy (non-hydrogen) atoms. The fourth-order valence-corrected chi connectivity index (χ4v) is 2.19. The first kappa shape index (κ1) is 21.6. The van der Waals surface area contributed by atoms with E-state index in [9.17, 15) is 33.0 Å². The Labute approximate surface area is 140 Å². The van der Waals surface area contributed by atoms with Crippen molar-refractivity contribution in [1.29, 1.82) is 0 Å². The summed E-state index contributed by atoms with van der Waals surface area (Å²) < 4.78 is 47.4. The molecule has 1 fully saturated rings. The van der Waals surface area contributed by atoms with Crippen LogP contribution in [0, 0.1) is 0 Å². The number of amides is 1. The average molecular weight is 375 g/mol. The summed E-state index contributed by atoms with van der Waals surface area (Å²) in [5.41, 5.74) is 0. The van der Waals surface area contributed by atoms with Gasteiger partial charge in [-0.3, -0.25) is 9.59 Å². The normalized spacial score (nSPS) is 30.1. The summed E-state index contributed by atoms with van der Waals surface area (Å²) in [6.07, 6.45) is -11.4. The highest BCUT2D eigenvalue weighted by Crippen LogP contribution is 2.24. The zero-order valence-electron chi connectivity index (χ0n) is 13.0. The van der Waals surface area contributed by atoms with Gasteiger partial charge in [-0.2, -0.15) is 13.2 Å². The van der Waals surface area contributed by atoms with Crippen molar-refractivity contribution in [2.24, 2.45) is 0 Å². The molecule has 146 valence electrons. The van der Waals surface area contributed by atoms with Crippen LogP contribution in [-0.4, -0.2) is 82.3 Å². The summed E-state index contributed by atoms with van der Waals surface area (Å²) in [5, 5.41) is 38.7. The van der Waals surface area contributed by atoms with Gasteiger partial charge < -0.3 is 35.2 Å². The topological polar surface area (TPSA) is 146 Å². The minimum Gasteiger partial charge on any atom is -0.481 e. The highest BCUT2D eigenvalue weighted by atomic mass is 19.4. The summed E-state index contributed by atoms with van der Waals surface area (Å²) in [5.74, 6) is -3.38. The van der Waals surface area contributed by atoms with Gasteiger partial charge in [-0.1, -0.05) is 0 Å². The van der Waals surface area contributed by atoms with Gasteiger partial charge in [-0.15, -0.1) is 0 Å². The number of halogens is 3. The summed E-state index contributed by atoms with van der Waals surface area (Å²) in [6.45, 7) is -0.867. The molecule has 0 aromatic rings. The number of rotatable bonds is 8. The van der Waals surface area contributed by atoms with E-state index in [4.69, 9.17) is 19.7 Å². The number of ether oxygens (including phenoxy) is 2. The Hall–Kier alpha value is -1.47. The van der Waals surface area contributed by atoms with Gasteiger partial charge in [0.2, 0.25) is 0 Å². The molecule has 5 unspecified atom stereocenters. The number of hydrogen-bond acceptors (Lipinski definition) is 7. The van der Waals surface area contributed by atoms with E-state index in [2.05, 4.69) is 0 Å². The largest absolute Gasteiger partial charge is 0.481 e. The van der Waals surface area contributed by atoms with Crippen LogP contribution in [0.25, 0.3) is 0 Å². The molecule has 1 aliphatic rings. The lowest BCUT2D eigenvalue weighted by molar-refractivity contribution is -0.272. The van der Waals surface area contributed by atoms with E-state index in [1.165, 1.54) is 5.32 Å². The van der Waals surface area contributed by atoms with Gasteiger partial charge in [0.25, 0.3) is 0 Å². The minimum absolute atomic E-state index is 0.128. The molecule has 0 aromatic carbocycles. The molecule has 9 nitrogen and oxygen atoms in total. The number of carboxylic acids is 1. The Balaban J connectivity index is 2.72. The number of carboxylic acid groups (broad SMARTS) is 1. The predicted molar refractivity (Wildman–Crippen MR) is 73.2 cm³/mol. The van der Waals surface area contributed by atoms with Gasteiger partial charge in [0, 0.05) is 13.0 Å². The first-order chi connectivity index (χ1) is 11.6. The lowest BCUT2D eigenvalue weighted by atomic mass is 9.97. The van der Waals surface area contributed by atoms with Gasteiger partial charge in [0.05, 0.1) is 6.61 Å². The van der Waals surface area contributed by atoms with Crippen molar-refractivity contribution >= 4 is 11.9 Å². The van der Waals surface area contributed by atoms with Gasteiger partial charge >= 0.3 is 18.1 Å². The van der Waals surface area contributed by atoms with Crippen molar-refractivity contribution in [1.82, 2.24) is 5.32 Å². The maximum Gasteiger partial charge on any atom is 0.471 e. The smallest absolute Gasteiger partial charge is 0.471 e. The zero-order chi connectivity index (χ0) is 19.2. The molecule has 0 saturated carbocycles. The number of unbranched alkanes of at least 4 members (excludes halogenated alkanes) is 1. The van der Waals surface area contributed by atoms with Gasteiger partial charge in [0.1, 0.15) is 24.4 Å². The number of aliphatic hydroxyl groups excluding tert-OH is 3. The fourth-order valence-electron chi connectivity index (χ4n) is 2.19. The van der Waals surface area contributed by atoms with Crippen LogP contribution in [0.1, 0.15) is 19.3 Å². The van der Waals surface area contributed by atoms with E-state index in [1.54, 1.807) is 0 Å². The molecule has 1 saturated heterocycles. The molecule has 0 bridgehead atoms. The van der Waals surface area contributed by atoms with Crippen molar-refractivity contribution in [2.75, 3.05) is 13.2 Å². The molecular formula is C13H20F3NO8. The molecule has 1 rings (SSSR count).